The van der Waals surface area contributed by atoms with Gasteiger partial charge in [-0.05, 0) is 79.5 Å². The van der Waals surface area contributed by atoms with Crippen molar-refractivity contribution in [3.63, 3.8) is 0 Å². The molecule has 0 spiro atoms. The number of nitrogens with one attached hydrogen (secondary N) is 1. The second kappa shape index (κ2) is 15.2. The van der Waals surface area contributed by atoms with E-state index in [1.54, 1.807) is 13.8 Å². The minimum atomic E-state index is -4.88. The Hall–Kier alpha value is -4.61. The predicted octanol–water partition coefficient (Wildman–Crippen LogP) is 6.48. The Kier molecular flexibility index (Phi) is 11.3. The number of terminal acetylenes is 1. The smallest absolute Gasteiger partial charge is 0.416 e. The van der Waals surface area contributed by atoms with E-state index in [0.29, 0.717) is 19.2 Å². The number of morpholine rings is 1. The zero-order valence-corrected chi connectivity index (χ0v) is 29.0. The van der Waals surface area contributed by atoms with Crippen LogP contribution in [-0.4, -0.2) is 58.3 Å². The molecule has 1 aromatic heterocycles. The Morgan fingerprint density at radius 3 is 2.31 bits per heavy atom. The number of aliphatic carboxylic acids is 1. The molecule has 1 amide bonds. The van der Waals surface area contributed by atoms with Crippen LogP contribution in [0.4, 0.5) is 26.3 Å². The third-order valence-electron chi connectivity index (χ3n) is 9.68. The van der Waals surface area contributed by atoms with Crippen molar-refractivity contribution in [2.75, 3.05) is 19.7 Å². The molecule has 2 fully saturated rings. The highest BCUT2D eigenvalue weighted by Crippen LogP contribution is 2.38. The lowest BCUT2D eigenvalue weighted by molar-refractivity contribution is -0.139. The number of amides is 1. The highest BCUT2D eigenvalue weighted by molar-refractivity contribution is 5.82. The van der Waals surface area contributed by atoms with E-state index < -0.39 is 76.3 Å². The summed E-state index contributed by atoms with van der Waals surface area (Å²) in [6.45, 7) is 7.67. The average Bonchev–Trinajstić information content (AvgIpc) is 3.66. The molecule has 0 radical (unpaired) electrons. The molecule has 0 saturated carbocycles. The Bertz CT molecular complexity index is 1960. The van der Waals surface area contributed by atoms with Crippen LogP contribution in [0.5, 0.6) is 0 Å². The van der Waals surface area contributed by atoms with Gasteiger partial charge < -0.3 is 19.7 Å². The van der Waals surface area contributed by atoms with Crippen molar-refractivity contribution >= 4 is 11.9 Å². The number of pyridine rings is 1. The molecule has 5 rings (SSSR count). The van der Waals surface area contributed by atoms with E-state index in [1.807, 2.05) is 4.90 Å². The van der Waals surface area contributed by atoms with Gasteiger partial charge in [0.2, 0.25) is 5.91 Å². The van der Waals surface area contributed by atoms with E-state index in [9.17, 15) is 37.1 Å². The summed E-state index contributed by atoms with van der Waals surface area (Å²) in [5.74, 6) is -3.99. The van der Waals surface area contributed by atoms with Gasteiger partial charge in [-0.2, -0.15) is 13.2 Å². The molecule has 8 nitrogen and oxygen atoms in total. The molecule has 2 aromatic carbocycles. The number of hydrogen-bond donors (Lipinski definition) is 2. The van der Waals surface area contributed by atoms with Crippen molar-refractivity contribution < 1.29 is 45.8 Å². The van der Waals surface area contributed by atoms with Crippen LogP contribution in [0.1, 0.15) is 78.6 Å². The number of aryl methyl sites for hydroxylation is 2. The summed E-state index contributed by atoms with van der Waals surface area (Å²) in [6.07, 6.45) is 1.22. The molecule has 2 N–H and O–H groups in total. The minimum Gasteiger partial charge on any atom is -0.481 e. The maximum atomic E-state index is 16.5. The van der Waals surface area contributed by atoms with Crippen molar-refractivity contribution in [3.8, 4) is 23.5 Å². The summed E-state index contributed by atoms with van der Waals surface area (Å²) in [7, 11) is 0. The van der Waals surface area contributed by atoms with Gasteiger partial charge in [0.05, 0.1) is 36.3 Å². The van der Waals surface area contributed by atoms with Gasteiger partial charge in [-0.3, -0.25) is 19.3 Å². The van der Waals surface area contributed by atoms with Crippen LogP contribution >= 0.6 is 0 Å². The molecule has 3 aromatic rings. The first-order valence-corrected chi connectivity index (χ1v) is 16.8. The van der Waals surface area contributed by atoms with Gasteiger partial charge in [-0.15, -0.1) is 6.42 Å². The quantitative estimate of drug-likeness (QED) is 0.163. The van der Waals surface area contributed by atoms with Crippen LogP contribution in [0, 0.1) is 49.6 Å². The molecule has 2 saturated heterocycles. The minimum absolute atomic E-state index is 0.00900. The van der Waals surface area contributed by atoms with Crippen LogP contribution in [0.2, 0.25) is 0 Å². The number of rotatable bonds is 12. The molecular formula is C38H39F6N3O5. The van der Waals surface area contributed by atoms with Crippen molar-refractivity contribution in [1.29, 1.82) is 0 Å². The second-order valence-electron chi connectivity index (χ2n) is 13.9. The molecule has 2 aliphatic rings. The molecule has 14 heteroatoms. The Balaban J connectivity index is 1.57. The van der Waals surface area contributed by atoms with E-state index in [-0.39, 0.29) is 65.3 Å². The summed E-state index contributed by atoms with van der Waals surface area (Å²) >= 11 is 0. The van der Waals surface area contributed by atoms with Crippen LogP contribution in [0.15, 0.2) is 35.3 Å². The van der Waals surface area contributed by atoms with E-state index in [0.717, 1.165) is 35.4 Å². The van der Waals surface area contributed by atoms with Crippen LogP contribution < -0.4 is 10.9 Å². The molecule has 0 unspecified atom stereocenters. The lowest BCUT2D eigenvalue weighted by atomic mass is 9.89. The number of carboxylic acids is 1. The maximum Gasteiger partial charge on any atom is 0.416 e. The summed E-state index contributed by atoms with van der Waals surface area (Å²) in [5, 5.41) is 12.2. The van der Waals surface area contributed by atoms with Crippen molar-refractivity contribution in [1.82, 2.24) is 14.8 Å². The molecule has 4 atom stereocenters. The molecule has 52 heavy (non-hydrogen) atoms. The molecule has 3 heterocycles. The Morgan fingerprint density at radius 2 is 1.77 bits per heavy atom. The standard InChI is InChI=1S/C38H39F6N3O5/c1-6-22-12-27(33-20(4)10-24(39)11-21(33)5)36(41)34(35(22)40)29(15-32(49)50)45-37(51)30(9-19(2)3)47-16-23(28(14-31(47)48)38(42,43)44)7-8-46-17-26-13-25(46)18-52-26/h1,10-12,14,16,19,25-26,29-30H,7-9,13,15,17-18H2,2-5H3,(H,45,51)(H,49,50)/t25-,26-,29+,30+/m0/s1. The van der Waals surface area contributed by atoms with Gasteiger partial charge in [-0.1, -0.05) is 19.8 Å². The highest BCUT2D eigenvalue weighted by Gasteiger charge is 2.40. The van der Waals surface area contributed by atoms with E-state index in [4.69, 9.17) is 11.2 Å². The largest absolute Gasteiger partial charge is 0.481 e. The number of aromatic nitrogens is 1. The van der Waals surface area contributed by atoms with Gasteiger partial charge in [0.15, 0.2) is 0 Å². The maximum absolute atomic E-state index is 16.5. The summed E-state index contributed by atoms with van der Waals surface area (Å²) < 4.78 is 95.6. The summed E-state index contributed by atoms with van der Waals surface area (Å²) in [5.41, 5.74) is -3.39. The van der Waals surface area contributed by atoms with Crippen molar-refractivity contribution in [2.45, 2.75) is 83.8 Å². The average molecular weight is 732 g/mol. The highest BCUT2D eigenvalue weighted by atomic mass is 19.4. The molecule has 2 aliphatic heterocycles. The molecular weight excluding hydrogens is 692 g/mol. The number of hydrogen-bond acceptors (Lipinski definition) is 5. The molecule has 278 valence electrons. The fraction of sp³-hybridized carbons (Fsp3) is 0.447. The number of carbonyl (C=O) groups is 2. The summed E-state index contributed by atoms with van der Waals surface area (Å²) in [4.78, 5) is 41.5. The van der Waals surface area contributed by atoms with Gasteiger partial charge in [0.25, 0.3) is 5.56 Å². The van der Waals surface area contributed by atoms with E-state index >= 15 is 8.78 Å². The van der Waals surface area contributed by atoms with E-state index in [1.165, 1.54) is 13.8 Å². The number of halogens is 6. The second-order valence-corrected chi connectivity index (χ2v) is 13.9. The van der Waals surface area contributed by atoms with Crippen molar-refractivity contribution in [3.05, 3.63) is 91.6 Å². The van der Waals surface area contributed by atoms with Crippen LogP contribution in [0.3, 0.4) is 0 Å². The first-order valence-electron chi connectivity index (χ1n) is 16.8. The van der Waals surface area contributed by atoms with Crippen LogP contribution in [-0.2, 0) is 26.9 Å². The fourth-order valence-corrected chi connectivity index (χ4v) is 7.36. The number of carbonyl (C=O) groups excluding carboxylic acids is 1. The van der Waals surface area contributed by atoms with Gasteiger partial charge in [0, 0.05) is 42.5 Å². The third-order valence-corrected chi connectivity index (χ3v) is 9.68. The molecule has 0 aliphatic carbocycles. The normalized spacial score (nSPS) is 18.4. The number of fused-ring (bicyclic) bond motifs is 2. The first kappa shape index (κ1) is 38.6. The predicted molar refractivity (Wildman–Crippen MR) is 180 cm³/mol. The lowest BCUT2D eigenvalue weighted by Crippen LogP contribution is -2.41. The number of likely N-dealkylation sites (tertiary alicyclic amines) is 1. The van der Waals surface area contributed by atoms with Crippen molar-refractivity contribution in [2.24, 2.45) is 5.92 Å². The summed E-state index contributed by atoms with van der Waals surface area (Å²) in [6, 6.07) is 0.418. The Morgan fingerprint density at radius 1 is 1.10 bits per heavy atom. The fourth-order valence-electron chi connectivity index (χ4n) is 7.36. The van der Waals surface area contributed by atoms with Gasteiger partial charge in [0.1, 0.15) is 23.5 Å². The number of nitrogens with zero attached hydrogens (tertiary/aromatic N) is 2. The van der Waals surface area contributed by atoms with E-state index in [2.05, 4.69) is 11.2 Å². The number of carboxylic acid groups (broad SMARTS) is 1. The molecule has 2 bridgehead atoms. The first-order chi connectivity index (χ1) is 24.4. The van der Waals surface area contributed by atoms with Gasteiger partial charge >= 0.3 is 12.1 Å². The zero-order chi connectivity index (χ0) is 38.2. The number of benzene rings is 2. The monoisotopic (exact) mass is 731 g/mol. The Labute approximate surface area is 296 Å². The topological polar surface area (TPSA) is 101 Å². The number of alkyl halides is 3. The lowest BCUT2D eigenvalue weighted by Gasteiger charge is -2.28. The van der Waals surface area contributed by atoms with Crippen LogP contribution in [0.25, 0.3) is 11.1 Å². The number of ether oxygens (including phenoxy) is 1. The zero-order valence-electron chi connectivity index (χ0n) is 29.0. The third kappa shape index (κ3) is 8.05. The SMILES string of the molecule is C#Cc1cc(-c2c(C)cc(F)cc2C)c(F)c([C@@H](CC(=O)O)NC(=O)[C@@H](CC(C)C)n2cc(CCN3C[C@@H]4C[C@H]3CO4)c(C(F)(F)F)cc2=O)c1F. The van der Waals surface area contributed by atoms with Gasteiger partial charge in [-0.25, -0.2) is 13.2 Å².